The molecule has 0 spiro atoms. The fraction of sp³-hybridized carbons (Fsp3) is 0.364. The Bertz CT molecular complexity index is 1350. The summed E-state index contributed by atoms with van der Waals surface area (Å²) in [4.78, 5) is 5.05. The van der Waals surface area contributed by atoms with Crippen molar-refractivity contribution in [2.45, 2.75) is 48.5 Å². The highest BCUT2D eigenvalue weighted by Gasteiger charge is 2.23. The van der Waals surface area contributed by atoms with Gasteiger partial charge in [0.15, 0.2) is 11.0 Å². The number of nitrogens with zero attached hydrogens (tertiary/aromatic N) is 7. The average Bonchev–Trinajstić information content (AvgIpc) is 3.42. The molecule has 2 heterocycles. The van der Waals surface area contributed by atoms with Gasteiger partial charge in [0, 0.05) is 20.6 Å². The molecule has 174 valence electrons. The minimum atomic E-state index is -3.54. The predicted octanol–water partition coefficient (Wildman–Crippen LogP) is 3.92. The van der Waals surface area contributed by atoms with Gasteiger partial charge in [-0.1, -0.05) is 43.3 Å². The van der Waals surface area contributed by atoms with E-state index in [9.17, 15) is 8.42 Å². The van der Waals surface area contributed by atoms with E-state index in [1.165, 1.54) is 18.4 Å². The first kappa shape index (κ1) is 23.4. The Morgan fingerprint density at radius 3 is 2.58 bits per heavy atom. The smallest absolute Gasteiger partial charge is 0.242 e. The summed E-state index contributed by atoms with van der Waals surface area (Å²) in [5.74, 6) is 0.719. The molecule has 1 unspecified atom stereocenters. The summed E-state index contributed by atoms with van der Waals surface area (Å²) in [6.07, 6.45) is 2.03. The van der Waals surface area contributed by atoms with Crippen molar-refractivity contribution in [3.63, 3.8) is 0 Å². The predicted molar refractivity (Wildman–Crippen MR) is 129 cm³/mol. The molecular formula is C22H27N7O2S2. The van der Waals surface area contributed by atoms with Gasteiger partial charge in [-0.05, 0) is 54.1 Å². The van der Waals surface area contributed by atoms with Gasteiger partial charge >= 0.3 is 0 Å². The molecule has 0 saturated carbocycles. The zero-order chi connectivity index (χ0) is 23.6. The molecule has 0 N–H and O–H groups in total. The third kappa shape index (κ3) is 4.66. The van der Waals surface area contributed by atoms with E-state index >= 15 is 0 Å². The van der Waals surface area contributed by atoms with Gasteiger partial charge in [-0.25, -0.2) is 17.7 Å². The van der Waals surface area contributed by atoms with Crippen molar-refractivity contribution in [3.8, 4) is 5.69 Å². The van der Waals surface area contributed by atoms with Gasteiger partial charge in [0.05, 0.1) is 26.9 Å². The lowest BCUT2D eigenvalue weighted by Crippen LogP contribution is -2.22. The number of unbranched alkanes of at least 4 members (excludes halogenated alkanes) is 1. The molecule has 2 aromatic heterocycles. The molecule has 2 aromatic carbocycles. The number of hydrogen-bond acceptors (Lipinski definition) is 7. The Kier molecular flexibility index (Phi) is 6.82. The number of benzene rings is 2. The summed E-state index contributed by atoms with van der Waals surface area (Å²) in [5, 5.41) is 13.0. The highest BCUT2D eigenvalue weighted by molar-refractivity contribution is 7.99. The largest absolute Gasteiger partial charge is 0.319 e. The monoisotopic (exact) mass is 485 g/mol. The fourth-order valence-electron chi connectivity index (χ4n) is 3.49. The number of thioether (sulfide) groups is 1. The maximum absolute atomic E-state index is 12.6. The molecule has 0 radical (unpaired) electrons. The van der Waals surface area contributed by atoms with Crippen LogP contribution in [0.5, 0.6) is 0 Å². The average molecular weight is 486 g/mol. The van der Waals surface area contributed by atoms with Gasteiger partial charge < -0.3 is 4.57 Å². The van der Waals surface area contributed by atoms with Gasteiger partial charge in [0.25, 0.3) is 0 Å². The van der Waals surface area contributed by atoms with E-state index in [0.29, 0.717) is 5.52 Å². The number of aryl methyl sites for hydroxylation is 1. The molecule has 0 aliphatic carbocycles. The van der Waals surface area contributed by atoms with Crippen LogP contribution in [0, 0.1) is 0 Å². The van der Waals surface area contributed by atoms with Crippen molar-refractivity contribution >= 4 is 32.8 Å². The Morgan fingerprint density at radius 1 is 1.12 bits per heavy atom. The van der Waals surface area contributed by atoms with Gasteiger partial charge in [-0.3, -0.25) is 0 Å². The van der Waals surface area contributed by atoms with E-state index in [1.54, 1.807) is 28.6 Å². The zero-order valence-electron chi connectivity index (χ0n) is 19.1. The normalized spacial score (nSPS) is 13.1. The molecule has 0 aliphatic heterocycles. The highest BCUT2D eigenvalue weighted by atomic mass is 32.2. The lowest BCUT2D eigenvalue weighted by Gasteiger charge is -2.13. The second-order valence-corrected chi connectivity index (χ2v) is 11.3. The van der Waals surface area contributed by atoms with Crippen LogP contribution in [0.1, 0.15) is 37.8 Å². The van der Waals surface area contributed by atoms with Crippen molar-refractivity contribution in [3.05, 3.63) is 54.4 Å². The van der Waals surface area contributed by atoms with Crippen molar-refractivity contribution < 1.29 is 8.42 Å². The number of aromatic nitrogens is 6. The third-order valence-corrected chi connectivity index (χ3v) is 8.24. The van der Waals surface area contributed by atoms with Crippen molar-refractivity contribution in [2.24, 2.45) is 0 Å². The number of fused-ring (bicyclic) bond motifs is 1. The van der Waals surface area contributed by atoms with Crippen LogP contribution in [0.2, 0.25) is 0 Å². The van der Waals surface area contributed by atoms with E-state index in [4.69, 9.17) is 4.98 Å². The first-order chi connectivity index (χ1) is 15.8. The molecule has 33 heavy (non-hydrogen) atoms. The number of para-hydroxylation sites is 1. The Balaban J connectivity index is 1.72. The number of hydrogen-bond donors (Lipinski definition) is 0. The van der Waals surface area contributed by atoms with Crippen LogP contribution in [0.15, 0.2) is 58.6 Å². The summed E-state index contributed by atoms with van der Waals surface area (Å²) in [6.45, 7) is 4.98. The first-order valence-electron chi connectivity index (χ1n) is 10.8. The summed E-state index contributed by atoms with van der Waals surface area (Å²) in [5.41, 5.74) is 2.47. The maximum Gasteiger partial charge on any atom is 0.242 e. The molecule has 1 atom stereocenters. The van der Waals surface area contributed by atoms with Gasteiger partial charge in [-0.2, -0.15) is 4.68 Å². The van der Waals surface area contributed by atoms with Crippen LogP contribution in [0.4, 0.5) is 0 Å². The number of sulfonamides is 1. The number of imidazole rings is 1. The molecule has 11 heteroatoms. The molecular weight excluding hydrogens is 458 g/mol. The van der Waals surface area contributed by atoms with Crippen molar-refractivity contribution in [1.82, 2.24) is 34.1 Å². The summed E-state index contributed by atoms with van der Waals surface area (Å²) < 4.78 is 30.3. The Hall–Kier alpha value is -2.76. The molecule has 4 aromatic rings. The molecule has 9 nitrogen and oxygen atoms in total. The Labute approximate surface area is 197 Å². The molecule has 0 saturated heterocycles. The van der Waals surface area contributed by atoms with Crippen LogP contribution in [0.25, 0.3) is 16.7 Å². The summed E-state index contributed by atoms with van der Waals surface area (Å²) in [6, 6.07) is 14.9. The SMILES string of the molecule is CCCCn1c(SC(C)c2nnnn2-c2ccccc2)nc2cc(S(=O)(=O)N(C)C)ccc21. The quantitative estimate of drug-likeness (QED) is 0.331. The minimum Gasteiger partial charge on any atom is -0.319 e. The number of tetrazole rings is 1. The van der Waals surface area contributed by atoms with Crippen LogP contribution in [-0.4, -0.2) is 56.6 Å². The lowest BCUT2D eigenvalue weighted by atomic mass is 10.3. The standard InChI is InChI=1S/C22H27N7O2S2/c1-5-6-14-28-20-13-12-18(33(30,31)27(3)4)15-19(20)23-22(28)32-16(2)21-24-25-26-29(21)17-10-8-7-9-11-17/h7-13,15-16H,5-6,14H2,1-4H3. The lowest BCUT2D eigenvalue weighted by molar-refractivity contribution is 0.521. The van der Waals surface area contributed by atoms with Gasteiger partial charge in [-0.15, -0.1) is 5.10 Å². The number of rotatable bonds is 9. The first-order valence-corrected chi connectivity index (χ1v) is 13.1. The molecule has 0 bridgehead atoms. The Morgan fingerprint density at radius 2 is 1.88 bits per heavy atom. The van der Waals surface area contributed by atoms with Crippen LogP contribution in [0.3, 0.4) is 0 Å². The topological polar surface area (TPSA) is 98.8 Å². The fourth-order valence-corrected chi connectivity index (χ4v) is 5.45. The van der Waals surface area contributed by atoms with Crippen LogP contribution in [-0.2, 0) is 16.6 Å². The highest BCUT2D eigenvalue weighted by Crippen LogP contribution is 2.36. The van der Waals surface area contributed by atoms with Crippen LogP contribution < -0.4 is 0 Å². The van der Waals surface area contributed by atoms with Crippen molar-refractivity contribution in [2.75, 3.05) is 14.1 Å². The second-order valence-electron chi connectivity index (χ2n) is 7.88. The van der Waals surface area contributed by atoms with E-state index < -0.39 is 10.0 Å². The summed E-state index contributed by atoms with van der Waals surface area (Å²) in [7, 11) is -0.482. The van der Waals surface area contributed by atoms with Gasteiger partial charge in [0.2, 0.25) is 10.0 Å². The second kappa shape index (κ2) is 9.62. The van der Waals surface area contributed by atoms with E-state index in [-0.39, 0.29) is 10.1 Å². The third-order valence-electron chi connectivity index (χ3n) is 5.34. The van der Waals surface area contributed by atoms with Gasteiger partial charge in [0.1, 0.15) is 0 Å². The molecule has 0 amide bonds. The van der Waals surface area contributed by atoms with E-state index in [0.717, 1.165) is 41.6 Å². The zero-order valence-corrected chi connectivity index (χ0v) is 20.7. The molecule has 0 fully saturated rings. The molecule has 0 aliphatic rings. The maximum atomic E-state index is 12.6. The summed E-state index contributed by atoms with van der Waals surface area (Å²) >= 11 is 1.56. The van der Waals surface area contributed by atoms with Crippen molar-refractivity contribution in [1.29, 1.82) is 0 Å². The van der Waals surface area contributed by atoms with Crippen LogP contribution >= 0.6 is 11.8 Å². The van der Waals surface area contributed by atoms with E-state index in [1.807, 2.05) is 43.3 Å². The van der Waals surface area contributed by atoms with E-state index in [2.05, 4.69) is 27.0 Å². The molecule has 4 rings (SSSR count). The minimum absolute atomic E-state index is 0.0811.